The lowest BCUT2D eigenvalue weighted by Gasteiger charge is -2.18. The van der Waals surface area contributed by atoms with E-state index in [4.69, 9.17) is 0 Å². The van der Waals surface area contributed by atoms with Gasteiger partial charge in [0.1, 0.15) is 0 Å². The number of hydrogen-bond acceptors (Lipinski definition) is 0. The van der Waals surface area contributed by atoms with Crippen molar-refractivity contribution < 1.29 is 26.3 Å². The zero-order valence-electron chi connectivity index (χ0n) is 8.51. The van der Waals surface area contributed by atoms with Gasteiger partial charge in [-0.15, -0.1) is 0 Å². The van der Waals surface area contributed by atoms with Gasteiger partial charge in [-0.25, -0.2) is 0 Å². The molecule has 0 fully saturated rings. The Morgan fingerprint density at radius 1 is 1.00 bits per heavy atom. The minimum absolute atomic E-state index is 0.152. The Morgan fingerprint density at radius 2 is 1.53 bits per heavy atom. The summed E-state index contributed by atoms with van der Waals surface area (Å²) in [6.07, 6.45) is -9.58. The van der Waals surface area contributed by atoms with Crippen molar-refractivity contribution in [2.45, 2.75) is 24.6 Å². The van der Waals surface area contributed by atoms with Crippen LogP contribution >= 0.6 is 15.9 Å². The second-order valence-electron chi connectivity index (χ2n) is 3.40. The van der Waals surface area contributed by atoms with Gasteiger partial charge in [-0.05, 0) is 24.1 Å². The topological polar surface area (TPSA) is 0 Å². The molecule has 0 unspecified atom stereocenters. The maximum atomic E-state index is 12.7. The van der Waals surface area contributed by atoms with E-state index in [9.17, 15) is 26.3 Å². The molecule has 0 saturated heterocycles. The maximum absolute atomic E-state index is 12.7. The first kappa shape index (κ1) is 14.3. The van der Waals surface area contributed by atoms with Gasteiger partial charge in [-0.3, -0.25) is 0 Å². The quantitative estimate of drug-likeness (QED) is 0.508. The highest BCUT2D eigenvalue weighted by atomic mass is 79.9. The van der Waals surface area contributed by atoms with E-state index in [2.05, 4.69) is 15.9 Å². The zero-order chi connectivity index (χ0) is 13.4. The van der Waals surface area contributed by atoms with Gasteiger partial charge in [-0.2, -0.15) is 26.3 Å². The molecule has 0 N–H and O–H groups in total. The summed E-state index contributed by atoms with van der Waals surface area (Å²) in [6.45, 7) is 0.831. The molecule has 1 rings (SSSR count). The summed E-state index contributed by atoms with van der Waals surface area (Å²) in [6, 6.07) is 1.51. The first-order valence-electron chi connectivity index (χ1n) is 4.42. The largest absolute Gasteiger partial charge is 0.416 e. The molecular formula is C10H7BrF6. The Labute approximate surface area is 102 Å². The molecule has 0 spiro atoms. The average molecular weight is 321 g/mol. The second kappa shape index (κ2) is 4.51. The molecule has 0 bridgehead atoms. The Kier molecular flexibility index (Phi) is 3.81. The van der Waals surface area contributed by atoms with Crippen LogP contribution in [0.15, 0.2) is 12.1 Å². The van der Waals surface area contributed by atoms with E-state index in [1.165, 1.54) is 0 Å². The van der Waals surface area contributed by atoms with E-state index in [0.29, 0.717) is 6.07 Å². The van der Waals surface area contributed by atoms with Crippen LogP contribution in [0.25, 0.3) is 0 Å². The van der Waals surface area contributed by atoms with Crippen molar-refractivity contribution in [1.82, 2.24) is 0 Å². The van der Waals surface area contributed by atoms with Crippen LogP contribution in [-0.2, 0) is 17.7 Å². The summed E-state index contributed by atoms with van der Waals surface area (Å²) >= 11 is 2.83. The first-order valence-corrected chi connectivity index (χ1v) is 5.54. The number of benzene rings is 1. The summed E-state index contributed by atoms with van der Waals surface area (Å²) in [4.78, 5) is 0. The summed E-state index contributed by atoms with van der Waals surface area (Å²) in [5.41, 5.74) is -3.47. The lowest BCUT2D eigenvalue weighted by molar-refractivity contribution is -0.144. The molecule has 0 amide bonds. The van der Waals surface area contributed by atoms with Crippen LogP contribution in [0.2, 0.25) is 0 Å². The highest BCUT2D eigenvalue weighted by Crippen LogP contribution is 2.41. The van der Waals surface area contributed by atoms with Crippen LogP contribution < -0.4 is 0 Å². The summed E-state index contributed by atoms with van der Waals surface area (Å²) < 4.78 is 75.4. The predicted molar refractivity (Wildman–Crippen MR) is 53.8 cm³/mol. The van der Waals surface area contributed by atoms with Crippen LogP contribution in [0, 0.1) is 6.92 Å². The highest BCUT2D eigenvalue weighted by Gasteiger charge is 2.40. The second-order valence-corrected chi connectivity index (χ2v) is 3.96. The number of halogens is 7. The molecule has 0 saturated carbocycles. The normalized spacial score (nSPS) is 12.9. The van der Waals surface area contributed by atoms with Crippen molar-refractivity contribution in [2.24, 2.45) is 0 Å². The van der Waals surface area contributed by atoms with E-state index < -0.39 is 29.0 Å². The van der Waals surface area contributed by atoms with Crippen LogP contribution in [-0.4, -0.2) is 0 Å². The van der Waals surface area contributed by atoms with Crippen LogP contribution in [0.1, 0.15) is 22.3 Å². The Morgan fingerprint density at radius 3 is 1.88 bits per heavy atom. The Bertz CT molecular complexity index is 418. The van der Waals surface area contributed by atoms with Crippen LogP contribution in [0.3, 0.4) is 0 Å². The average Bonchev–Trinajstić information content (AvgIpc) is 2.12. The summed E-state index contributed by atoms with van der Waals surface area (Å²) in [5.74, 6) is 0. The number of alkyl halides is 7. The van der Waals surface area contributed by atoms with Crippen molar-refractivity contribution in [3.8, 4) is 0 Å². The molecular weight excluding hydrogens is 314 g/mol. The molecule has 1 aromatic carbocycles. The fourth-order valence-corrected chi connectivity index (χ4v) is 2.05. The maximum Gasteiger partial charge on any atom is 0.416 e. The van der Waals surface area contributed by atoms with Crippen molar-refractivity contribution in [3.05, 3.63) is 34.4 Å². The SMILES string of the molecule is Cc1c(C(F)(F)F)ccc(CBr)c1C(F)(F)F. The lowest BCUT2D eigenvalue weighted by Crippen LogP contribution is -2.16. The fourth-order valence-electron chi connectivity index (χ4n) is 1.58. The third-order valence-corrected chi connectivity index (χ3v) is 2.89. The fraction of sp³-hybridized carbons (Fsp3) is 0.400. The highest BCUT2D eigenvalue weighted by molar-refractivity contribution is 9.08. The van der Waals surface area contributed by atoms with Gasteiger partial charge in [0.2, 0.25) is 0 Å². The van der Waals surface area contributed by atoms with Gasteiger partial charge < -0.3 is 0 Å². The predicted octanol–water partition coefficient (Wildman–Crippen LogP) is 4.93. The smallest absolute Gasteiger partial charge is 0.166 e. The number of hydrogen-bond donors (Lipinski definition) is 0. The first-order chi connectivity index (χ1) is 7.59. The van der Waals surface area contributed by atoms with Gasteiger partial charge in [0.05, 0.1) is 11.1 Å². The lowest BCUT2D eigenvalue weighted by atomic mass is 9.97. The third-order valence-electron chi connectivity index (χ3n) is 2.28. The van der Waals surface area contributed by atoms with Crippen molar-refractivity contribution in [1.29, 1.82) is 0 Å². The monoisotopic (exact) mass is 320 g/mol. The molecule has 7 heteroatoms. The third kappa shape index (κ3) is 2.94. The van der Waals surface area contributed by atoms with Crippen molar-refractivity contribution >= 4 is 15.9 Å². The van der Waals surface area contributed by atoms with Crippen molar-refractivity contribution in [3.63, 3.8) is 0 Å². The van der Waals surface area contributed by atoms with Crippen LogP contribution in [0.4, 0.5) is 26.3 Å². The van der Waals surface area contributed by atoms with Crippen LogP contribution in [0.5, 0.6) is 0 Å². The van der Waals surface area contributed by atoms with E-state index in [-0.39, 0.29) is 10.9 Å². The molecule has 0 aliphatic rings. The molecule has 17 heavy (non-hydrogen) atoms. The van der Waals surface area contributed by atoms with Gasteiger partial charge >= 0.3 is 12.4 Å². The summed E-state index contributed by atoms with van der Waals surface area (Å²) in [7, 11) is 0. The molecule has 0 aliphatic carbocycles. The van der Waals surface area contributed by atoms with Gasteiger partial charge in [0.25, 0.3) is 0 Å². The standard InChI is InChI=1S/C10H7BrF6/c1-5-7(9(12,13)14)3-2-6(4-11)8(5)10(15,16)17/h2-3H,4H2,1H3. The minimum Gasteiger partial charge on any atom is -0.166 e. The summed E-state index contributed by atoms with van der Waals surface area (Å²) in [5, 5.41) is -0.152. The van der Waals surface area contributed by atoms with E-state index in [1.54, 1.807) is 0 Å². The molecule has 96 valence electrons. The zero-order valence-corrected chi connectivity index (χ0v) is 10.1. The molecule has 0 atom stereocenters. The molecule has 0 radical (unpaired) electrons. The molecule has 1 aromatic rings. The van der Waals surface area contributed by atoms with E-state index >= 15 is 0 Å². The van der Waals surface area contributed by atoms with Gasteiger partial charge in [0.15, 0.2) is 0 Å². The Hall–Kier alpha value is -0.720. The van der Waals surface area contributed by atoms with Crippen molar-refractivity contribution in [2.75, 3.05) is 0 Å². The molecule has 0 aliphatic heterocycles. The van der Waals surface area contributed by atoms with Gasteiger partial charge in [-0.1, -0.05) is 22.0 Å². The van der Waals surface area contributed by atoms with E-state index in [0.717, 1.165) is 13.0 Å². The Balaban J connectivity index is 3.55. The minimum atomic E-state index is -4.80. The number of rotatable bonds is 1. The molecule has 0 aromatic heterocycles. The van der Waals surface area contributed by atoms with E-state index in [1.807, 2.05) is 0 Å². The van der Waals surface area contributed by atoms with Gasteiger partial charge in [0, 0.05) is 5.33 Å². The molecule has 0 heterocycles. The molecule has 0 nitrogen and oxygen atoms in total.